The van der Waals surface area contributed by atoms with Crippen LogP contribution in [0.2, 0.25) is 0 Å². The Labute approximate surface area is 238 Å². The Morgan fingerprint density at radius 2 is 1.66 bits per heavy atom. The third-order valence-electron chi connectivity index (χ3n) is 7.57. The average molecular weight is 568 g/mol. The zero-order valence-electron chi connectivity index (χ0n) is 23.1. The van der Waals surface area contributed by atoms with Crippen LogP contribution in [0.25, 0.3) is 0 Å². The van der Waals surface area contributed by atoms with Crippen LogP contribution in [0.3, 0.4) is 0 Å². The number of carboxylic acids is 1. The fourth-order valence-electron chi connectivity index (χ4n) is 5.61. The van der Waals surface area contributed by atoms with Gasteiger partial charge in [0, 0.05) is 6.54 Å². The first-order valence-electron chi connectivity index (χ1n) is 13.6. The summed E-state index contributed by atoms with van der Waals surface area (Å²) >= 11 is 0. The van der Waals surface area contributed by atoms with E-state index in [-0.39, 0.29) is 18.6 Å². The lowest BCUT2D eigenvalue weighted by Gasteiger charge is -2.34. The molecule has 7 N–H and O–H groups in total. The summed E-state index contributed by atoms with van der Waals surface area (Å²) in [6.07, 6.45) is 0.0886. The highest BCUT2D eigenvalue weighted by Crippen LogP contribution is 2.33. The Bertz CT molecular complexity index is 1270. The van der Waals surface area contributed by atoms with Crippen molar-refractivity contribution < 1.29 is 34.1 Å². The topological polar surface area (TPSA) is 189 Å². The van der Waals surface area contributed by atoms with Gasteiger partial charge in [-0.2, -0.15) is 0 Å². The molecule has 0 radical (unpaired) electrons. The second-order valence-corrected chi connectivity index (χ2v) is 11.0. The van der Waals surface area contributed by atoms with Crippen LogP contribution in [-0.2, 0) is 36.8 Å². The number of hydrogen-bond acceptors (Lipinski definition) is 8. The van der Waals surface area contributed by atoms with Gasteiger partial charge in [0.25, 0.3) is 0 Å². The molecule has 4 rings (SSSR count). The number of rotatable bonds is 10. The van der Waals surface area contributed by atoms with E-state index in [0.29, 0.717) is 24.9 Å². The van der Waals surface area contributed by atoms with Crippen LogP contribution in [-0.4, -0.2) is 86.4 Å². The first-order chi connectivity index (χ1) is 19.4. The third kappa shape index (κ3) is 6.67. The summed E-state index contributed by atoms with van der Waals surface area (Å²) < 4.78 is 6.09. The van der Waals surface area contributed by atoms with Crippen molar-refractivity contribution in [1.82, 2.24) is 15.1 Å². The molecule has 2 saturated heterocycles. The SMILES string of the molecule is CC1(C)O[C@H](N[C@H](Cc2ccccc2)C(=O)N2CCC[C@H]2C(N)=O)[C@@H](C(=O)O)N1C(=O)[C@@H](N)Cc1ccc(O)cc1. The highest BCUT2D eigenvalue weighted by Gasteiger charge is 2.55. The van der Waals surface area contributed by atoms with Crippen molar-refractivity contribution in [1.29, 1.82) is 0 Å². The van der Waals surface area contributed by atoms with Crippen LogP contribution >= 0.6 is 0 Å². The Hall–Kier alpha value is -4.00. The van der Waals surface area contributed by atoms with Crippen molar-refractivity contribution in [2.75, 3.05) is 6.54 Å². The van der Waals surface area contributed by atoms with Crippen LogP contribution in [0, 0.1) is 0 Å². The predicted molar refractivity (Wildman–Crippen MR) is 148 cm³/mol. The molecule has 3 amide bonds. The third-order valence-corrected chi connectivity index (χ3v) is 7.57. The number of carbonyl (C=O) groups is 4. The minimum absolute atomic E-state index is 0.0678. The monoisotopic (exact) mass is 567 g/mol. The van der Waals surface area contributed by atoms with Gasteiger partial charge in [0.15, 0.2) is 6.04 Å². The number of carboxylic acid groups (broad SMARTS) is 1. The van der Waals surface area contributed by atoms with Crippen molar-refractivity contribution in [3.63, 3.8) is 0 Å². The number of ether oxygens (including phenoxy) is 1. The van der Waals surface area contributed by atoms with Crippen molar-refractivity contribution in [3.8, 4) is 5.75 Å². The standard InChI is InChI=1S/C29H37N5O7/c1-29(2)34(26(37)20(30)15-18-10-12-19(35)13-11-18)23(28(39)40)25(41-29)32-21(16-17-7-4-3-5-8-17)27(38)33-14-6-9-22(33)24(31)36/h3-5,7-8,10-13,20-23,25,32,35H,6,9,14-16,30H2,1-2H3,(H2,31,36)(H,39,40)/t20-,21+,22-,23-,25-/m0/s1. The molecule has 2 fully saturated rings. The molecular weight excluding hydrogens is 530 g/mol. The van der Waals surface area contributed by atoms with E-state index in [4.69, 9.17) is 16.2 Å². The summed E-state index contributed by atoms with van der Waals surface area (Å²) in [5.41, 5.74) is 11.9. The zero-order chi connectivity index (χ0) is 29.9. The van der Waals surface area contributed by atoms with Gasteiger partial charge in [0.1, 0.15) is 23.7 Å². The van der Waals surface area contributed by atoms with Gasteiger partial charge >= 0.3 is 5.97 Å². The van der Waals surface area contributed by atoms with Crippen molar-refractivity contribution in [2.45, 2.75) is 75.7 Å². The number of phenolic OH excluding ortho intramolecular Hbond substituents is 1. The molecular formula is C29H37N5O7. The van der Waals surface area contributed by atoms with Gasteiger partial charge in [-0.1, -0.05) is 42.5 Å². The molecule has 12 nitrogen and oxygen atoms in total. The second kappa shape index (κ2) is 12.2. The quantitative estimate of drug-likeness (QED) is 0.269. The molecule has 0 aliphatic carbocycles. The first kappa shape index (κ1) is 30.0. The summed E-state index contributed by atoms with van der Waals surface area (Å²) in [7, 11) is 0. The smallest absolute Gasteiger partial charge is 0.330 e. The van der Waals surface area contributed by atoms with E-state index < -0.39 is 59.8 Å². The van der Waals surface area contributed by atoms with Crippen LogP contribution in [0.1, 0.15) is 37.8 Å². The number of carbonyl (C=O) groups excluding carboxylic acids is 3. The molecule has 2 aliphatic rings. The van der Waals surface area contributed by atoms with Crippen LogP contribution in [0.4, 0.5) is 0 Å². The van der Waals surface area contributed by atoms with Crippen LogP contribution < -0.4 is 16.8 Å². The number of amides is 3. The number of likely N-dealkylation sites (tertiary alicyclic amines) is 1. The lowest BCUT2D eigenvalue weighted by molar-refractivity contribution is -0.156. The van der Waals surface area contributed by atoms with E-state index in [0.717, 1.165) is 10.5 Å². The number of phenols is 1. The van der Waals surface area contributed by atoms with E-state index in [9.17, 15) is 29.4 Å². The zero-order valence-corrected chi connectivity index (χ0v) is 23.1. The Morgan fingerprint density at radius 1 is 1.02 bits per heavy atom. The van der Waals surface area contributed by atoms with Crippen LogP contribution in [0.15, 0.2) is 54.6 Å². The predicted octanol–water partition coefficient (Wildman–Crippen LogP) is 0.313. The molecule has 5 atom stereocenters. The number of benzene rings is 2. The van der Waals surface area contributed by atoms with E-state index >= 15 is 0 Å². The molecule has 220 valence electrons. The fraction of sp³-hybridized carbons (Fsp3) is 0.448. The first-order valence-corrected chi connectivity index (χ1v) is 13.6. The largest absolute Gasteiger partial charge is 0.508 e. The van der Waals surface area contributed by atoms with E-state index in [1.54, 1.807) is 26.0 Å². The maximum absolute atomic E-state index is 13.8. The average Bonchev–Trinajstić information content (AvgIpc) is 3.51. The molecule has 2 aromatic rings. The molecule has 0 aromatic heterocycles. The van der Waals surface area contributed by atoms with Gasteiger partial charge in [0.05, 0.1) is 12.1 Å². The fourth-order valence-corrected chi connectivity index (χ4v) is 5.61. The number of aromatic hydroxyl groups is 1. The maximum atomic E-state index is 13.8. The minimum atomic E-state index is -1.50. The summed E-state index contributed by atoms with van der Waals surface area (Å²) in [5, 5.41) is 22.9. The van der Waals surface area contributed by atoms with Crippen molar-refractivity contribution >= 4 is 23.7 Å². The van der Waals surface area contributed by atoms with E-state index in [1.165, 1.54) is 17.0 Å². The van der Waals surface area contributed by atoms with Gasteiger partial charge in [-0.15, -0.1) is 0 Å². The van der Waals surface area contributed by atoms with Gasteiger partial charge < -0.3 is 31.3 Å². The van der Waals surface area contributed by atoms with Gasteiger partial charge in [0.2, 0.25) is 17.7 Å². The highest BCUT2D eigenvalue weighted by atomic mass is 16.6. The summed E-state index contributed by atoms with van der Waals surface area (Å²) in [4.78, 5) is 54.5. The number of nitrogens with zero attached hydrogens (tertiary/aromatic N) is 2. The lowest BCUT2D eigenvalue weighted by Crippen LogP contribution is -2.60. The summed E-state index contributed by atoms with van der Waals surface area (Å²) in [6, 6.07) is 11.0. The molecule has 2 aliphatic heterocycles. The molecule has 12 heteroatoms. The molecule has 2 aromatic carbocycles. The van der Waals surface area contributed by atoms with Crippen molar-refractivity contribution in [3.05, 3.63) is 65.7 Å². The molecule has 2 heterocycles. The Balaban J connectivity index is 1.60. The Morgan fingerprint density at radius 3 is 2.27 bits per heavy atom. The molecule has 0 saturated carbocycles. The molecule has 0 bridgehead atoms. The van der Waals surface area contributed by atoms with E-state index in [1.807, 2.05) is 30.3 Å². The normalized spacial score (nSPS) is 23.2. The van der Waals surface area contributed by atoms with Gasteiger partial charge in [-0.05, 0) is 62.8 Å². The van der Waals surface area contributed by atoms with Gasteiger partial charge in [-0.25, -0.2) is 4.79 Å². The molecule has 41 heavy (non-hydrogen) atoms. The number of hydrogen-bond donors (Lipinski definition) is 5. The molecule has 0 unspecified atom stereocenters. The Kier molecular flexibility index (Phi) is 8.95. The lowest BCUT2D eigenvalue weighted by atomic mass is 10.0. The minimum Gasteiger partial charge on any atom is -0.508 e. The highest BCUT2D eigenvalue weighted by molar-refractivity contribution is 5.90. The number of nitrogens with two attached hydrogens (primary N) is 2. The second-order valence-electron chi connectivity index (χ2n) is 11.0. The number of primary amides is 1. The van der Waals surface area contributed by atoms with E-state index in [2.05, 4.69) is 5.32 Å². The summed E-state index contributed by atoms with van der Waals surface area (Å²) in [6.45, 7) is 3.47. The summed E-state index contributed by atoms with van der Waals surface area (Å²) in [5.74, 6) is -2.91. The number of aliphatic carboxylic acids is 1. The number of nitrogens with one attached hydrogen (secondary N) is 1. The van der Waals surface area contributed by atoms with Crippen LogP contribution in [0.5, 0.6) is 5.75 Å². The molecule has 0 spiro atoms. The maximum Gasteiger partial charge on any atom is 0.330 e. The van der Waals surface area contributed by atoms with Gasteiger partial charge in [-0.3, -0.25) is 24.6 Å². The van der Waals surface area contributed by atoms with Crippen molar-refractivity contribution in [2.24, 2.45) is 11.5 Å².